The van der Waals surface area contributed by atoms with E-state index in [-0.39, 0.29) is 17.1 Å². The average molecular weight is 395 g/mol. The summed E-state index contributed by atoms with van der Waals surface area (Å²) in [7, 11) is 0. The van der Waals surface area contributed by atoms with Gasteiger partial charge < -0.3 is 0 Å². The fraction of sp³-hybridized carbons (Fsp3) is 0.188. The molecular weight excluding hydrogens is 386 g/mol. The van der Waals surface area contributed by atoms with Crippen LogP contribution in [0.1, 0.15) is 27.2 Å². The summed E-state index contributed by atoms with van der Waals surface area (Å²) in [6.45, 7) is 0. The lowest BCUT2D eigenvalue weighted by Gasteiger charge is -2.09. The molecule has 0 radical (unpaired) electrons. The van der Waals surface area contributed by atoms with E-state index in [1.807, 2.05) is 0 Å². The summed E-state index contributed by atoms with van der Waals surface area (Å²) in [4.78, 5) is 18.8. The third kappa shape index (κ3) is 4.81. The molecule has 26 heavy (non-hydrogen) atoms. The summed E-state index contributed by atoms with van der Waals surface area (Å²) in [5.41, 5.74) is -2.81. The molecule has 138 valence electrons. The first-order valence-corrected chi connectivity index (χ1v) is 7.32. The molecule has 0 fully saturated rings. The molecule has 1 aromatic heterocycles. The van der Waals surface area contributed by atoms with E-state index in [0.29, 0.717) is 12.3 Å². The summed E-state index contributed by atoms with van der Waals surface area (Å²) in [6, 6.07) is 4.78. The SMILES string of the molecule is O=C(/N=C/Cc1ncc(C(F)(F)F)cc1Cl)c1ccccc1C(F)(F)F. The zero-order chi connectivity index (χ0) is 19.5. The van der Waals surface area contributed by atoms with Crippen molar-refractivity contribution < 1.29 is 31.1 Å². The Morgan fingerprint density at radius 3 is 2.35 bits per heavy atom. The fourth-order valence-corrected chi connectivity index (χ4v) is 2.22. The number of nitrogens with zero attached hydrogens (tertiary/aromatic N) is 2. The van der Waals surface area contributed by atoms with Gasteiger partial charge in [-0.1, -0.05) is 23.7 Å². The van der Waals surface area contributed by atoms with Gasteiger partial charge in [-0.3, -0.25) is 9.78 Å². The summed E-state index contributed by atoms with van der Waals surface area (Å²) < 4.78 is 76.1. The largest absolute Gasteiger partial charge is 0.417 e. The fourth-order valence-electron chi connectivity index (χ4n) is 1.97. The maximum atomic E-state index is 12.9. The molecule has 10 heteroatoms. The van der Waals surface area contributed by atoms with E-state index >= 15 is 0 Å². The van der Waals surface area contributed by atoms with Gasteiger partial charge in [0.25, 0.3) is 5.91 Å². The molecule has 0 N–H and O–H groups in total. The number of alkyl halides is 6. The van der Waals surface area contributed by atoms with Crippen LogP contribution in [0.2, 0.25) is 5.02 Å². The van der Waals surface area contributed by atoms with Crippen molar-refractivity contribution in [3.05, 3.63) is 63.9 Å². The molecule has 1 heterocycles. The highest BCUT2D eigenvalue weighted by Crippen LogP contribution is 2.32. The molecule has 0 saturated carbocycles. The van der Waals surface area contributed by atoms with Crippen LogP contribution in [-0.4, -0.2) is 17.1 Å². The van der Waals surface area contributed by atoms with Crippen molar-refractivity contribution in [2.75, 3.05) is 0 Å². The highest BCUT2D eigenvalue weighted by Gasteiger charge is 2.34. The second-order valence-electron chi connectivity index (χ2n) is 5.01. The van der Waals surface area contributed by atoms with Gasteiger partial charge in [-0.25, -0.2) is 4.99 Å². The van der Waals surface area contributed by atoms with E-state index in [9.17, 15) is 31.1 Å². The first kappa shape index (κ1) is 19.9. The van der Waals surface area contributed by atoms with Gasteiger partial charge in [0, 0.05) is 18.8 Å². The molecule has 0 aliphatic carbocycles. The minimum atomic E-state index is -4.72. The Hall–Kier alpha value is -2.42. The van der Waals surface area contributed by atoms with E-state index in [0.717, 1.165) is 24.4 Å². The van der Waals surface area contributed by atoms with Crippen LogP contribution in [0, 0.1) is 0 Å². The van der Waals surface area contributed by atoms with Crippen molar-refractivity contribution in [3.63, 3.8) is 0 Å². The van der Waals surface area contributed by atoms with Gasteiger partial charge in [0.15, 0.2) is 0 Å². The minimum absolute atomic E-state index is 0.000299. The van der Waals surface area contributed by atoms with E-state index < -0.39 is 35.0 Å². The van der Waals surface area contributed by atoms with Gasteiger partial charge in [-0.2, -0.15) is 26.3 Å². The number of aliphatic imine (C=N–C) groups is 1. The number of halogens is 7. The van der Waals surface area contributed by atoms with Crippen molar-refractivity contribution in [2.24, 2.45) is 4.99 Å². The van der Waals surface area contributed by atoms with Crippen molar-refractivity contribution >= 4 is 23.7 Å². The Kier molecular flexibility index (Phi) is 5.70. The first-order valence-electron chi connectivity index (χ1n) is 6.95. The predicted molar refractivity (Wildman–Crippen MR) is 82.2 cm³/mol. The van der Waals surface area contributed by atoms with Crippen LogP contribution in [0.4, 0.5) is 26.3 Å². The van der Waals surface area contributed by atoms with Gasteiger partial charge in [0.2, 0.25) is 0 Å². The standard InChI is InChI=1S/C16H9ClF6N2O/c17-12-7-9(15(18,19)20)8-25-13(12)5-6-24-14(26)10-3-1-2-4-11(10)16(21,22)23/h1-4,6-8H,5H2/b24-6+. The smallest absolute Gasteiger partial charge is 0.267 e. The quantitative estimate of drug-likeness (QED) is 0.528. The lowest BCUT2D eigenvalue weighted by Crippen LogP contribution is -2.12. The zero-order valence-corrected chi connectivity index (χ0v) is 13.5. The van der Waals surface area contributed by atoms with Gasteiger partial charge in [-0.15, -0.1) is 0 Å². The number of carbonyl (C=O) groups excluding carboxylic acids is 1. The van der Waals surface area contributed by atoms with Crippen molar-refractivity contribution in [2.45, 2.75) is 18.8 Å². The lowest BCUT2D eigenvalue weighted by atomic mass is 10.1. The Labute approximate surface area is 148 Å². The number of rotatable bonds is 3. The topological polar surface area (TPSA) is 42.3 Å². The van der Waals surface area contributed by atoms with E-state index in [1.165, 1.54) is 6.07 Å². The third-order valence-corrected chi connectivity index (χ3v) is 3.53. The molecule has 0 spiro atoms. The number of hydrogen-bond donors (Lipinski definition) is 0. The van der Waals surface area contributed by atoms with Crippen molar-refractivity contribution in [1.29, 1.82) is 0 Å². The normalized spacial score (nSPS) is 12.6. The Morgan fingerprint density at radius 2 is 1.77 bits per heavy atom. The van der Waals surface area contributed by atoms with E-state index in [2.05, 4.69) is 9.98 Å². The molecule has 0 aliphatic rings. The summed E-state index contributed by atoms with van der Waals surface area (Å²) in [6.07, 6.45) is -8.05. The number of benzene rings is 1. The minimum Gasteiger partial charge on any atom is -0.267 e. The molecule has 0 aliphatic heterocycles. The molecule has 0 unspecified atom stereocenters. The molecule has 2 aromatic rings. The number of carbonyl (C=O) groups is 1. The molecule has 0 saturated heterocycles. The van der Waals surface area contributed by atoms with Gasteiger partial charge in [0.05, 0.1) is 27.4 Å². The van der Waals surface area contributed by atoms with Crippen molar-refractivity contribution in [3.8, 4) is 0 Å². The van der Waals surface area contributed by atoms with Crippen molar-refractivity contribution in [1.82, 2.24) is 4.98 Å². The third-order valence-electron chi connectivity index (χ3n) is 3.20. The highest BCUT2D eigenvalue weighted by atomic mass is 35.5. The molecule has 1 amide bonds. The summed E-state index contributed by atoms with van der Waals surface area (Å²) in [5.74, 6) is -1.14. The molecule has 1 aromatic carbocycles. The maximum absolute atomic E-state index is 12.9. The summed E-state index contributed by atoms with van der Waals surface area (Å²) >= 11 is 5.69. The van der Waals surface area contributed by atoms with Crippen LogP contribution in [0.5, 0.6) is 0 Å². The molecule has 3 nitrogen and oxygen atoms in total. The second kappa shape index (κ2) is 7.45. The van der Waals surface area contributed by atoms with E-state index in [1.54, 1.807) is 0 Å². The van der Waals surface area contributed by atoms with Crippen LogP contribution < -0.4 is 0 Å². The van der Waals surface area contributed by atoms with Crippen LogP contribution in [0.15, 0.2) is 41.5 Å². The maximum Gasteiger partial charge on any atom is 0.417 e. The first-order chi connectivity index (χ1) is 12.0. The predicted octanol–water partition coefficient (Wildman–Crippen LogP) is 5.23. The lowest BCUT2D eigenvalue weighted by molar-refractivity contribution is -0.138. The Morgan fingerprint density at radius 1 is 1.12 bits per heavy atom. The monoisotopic (exact) mass is 394 g/mol. The van der Waals surface area contributed by atoms with Crippen LogP contribution in [-0.2, 0) is 18.8 Å². The zero-order valence-electron chi connectivity index (χ0n) is 12.7. The average Bonchev–Trinajstić information content (AvgIpc) is 2.54. The van der Waals surface area contributed by atoms with Gasteiger partial charge in [-0.05, 0) is 18.2 Å². The number of hydrogen-bond acceptors (Lipinski definition) is 2. The van der Waals surface area contributed by atoms with Gasteiger partial charge in [0.1, 0.15) is 0 Å². The Balaban J connectivity index is 2.16. The number of aromatic nitrogens is 1. The number of pyridine rings is 1. The molecular formula is C16H9ClF6N2O. The molecule has 0 bridgehead atoms. The van der Waals surface area contributed by atoms with Crippen LogP contribution >= 0.6 is 11.6 Å². The molecule has 0 atom stereocenters. The van der Waals surface area contributed by atoms with Gasteiger partial charge >= 0.3 is 12.4 Å². The van der Waals surface area contributed by atoms with E-state index in [4.69, 9.17) is 11.6 Å². The van der Waals surface area contributed by atoms with Crippen LogP contribution in [0.25, 0.3) is 0 Å². The Bertz CT molecular complexity index is 845. The molecule has 2 rings (SSSR count). The van der Waals surface area contributed by atoms with Crippen LogP contribution in [0.3, 0.4) is 0 Å². The second-order valence-corrected chi connectivity index (χ2v) is 5.42. The highest BCUT2D eigenvalue weighted by molar-refractivity contribution is 6.31. The summed E-state index contributed by atoms with van der Waals surface area (Å²) in [5, 5.41) is -0.297. The number of amides is 1.